The first-order valence-corrected chi connectivity index (χ1v) is 10.4. The Kier molecular flexibility index (Phi) is 6.00. The Balaban J connectivity index is 2.06. The Hall–Kier alpha value is -3.94. The zero-order valence-corrected chi connectivity index (χ0v) is 17.9. The summed E-state index contributed by atoms with van der Waals surface area (Å²) in [7, 11) is 0. The van der Waals surface area contributed by atoms with Crippen molar-refractivity contribution in [1.82, 2.24) is 0 Å². The summed E-state index contributed by atoms with van der Waals surface area (Å²) in [4.78, 5) is 0. The van der Waals surface area contributed by atoms with E-state index >= 15 is 0 Å². The van der Waals surface area contributed by atoms with Crippen LogP contribution in [-0.2, 0) is 5.41 Å². The molecule has 0 saturated carbocycles. The Morgan fingerprint density at radius 2 is 0.800 bits per heavy atom. The third-order valence-corrected chi connectivity index (χ3v) is 5.88. The number of benzene rings is 4. The monoisotopic (exact) mass is 488 g/mol. The fourth-order valence-corrected chi connectivity index (χ4v) is 4.22. The van der Waals surface area contributed by atoms with Crippen molar-refractivity contribution in [2.24, 2.45) is 0 Å². The lowest BCUT2D eigenvalue weighted by molar-refractivity contribution is -0.288. The highest BCUT2D eigenvalue weighted by Gasteiger charge is 2.72. The molecule has 0 aliphatic carbocycles. The van der Waals surface area contributed by atoms with Crippen molar-refractivity contribution in [3.05, 3.63) is 108 Å². The molecule has 8 heteroatoms. The summed E-state index contributed by atoms with van der Waals surface area (Å²) in [6.07, 6.45) is -11.6. The first-order chi connectivity index (χ1) is 16.5. The van der Waals surface area contributed by atoms with Gasteiger partial charge in [-0.2, -0.15) is 26.3 Å². The fourth-order valence-electron chi connectivity index (χ4n) is 4.22. The highest BCUT2D eigenvalue weighted by molar-refractivity contribution is 5.74. The molecule has 0 aliphatic heterocycles. The minimum atomic E-state index is -5.82. The van der Waals surface area contributed by atoms with Gasteiger partial charge in [-0.1, -0.05) is 72.8 Å². The first-order valence-electron chi connectivity index (χ1n) is 10.4. The fraction of sp³-hybridized carbons (Fsp3) is 0.111. The SMILES string of the molecule is Oc1ccc(C(c2ccc(O)c(-c3ccccc3)c2)(C(F)(F)F)C(F)(F)F)cc1-c1ccccc1. The molecule has 0 fully saturated rings. The highest BCUT2D eigenvalue weighted by Crippen LogP contribution is 2.57. The molecular formula is C27H18F6O2. The molecule has 0 aromatic heterocycles. The van der Waals surface area contributed by atoms with E-state index in [1.54, 1.807) is 36.4 Å². The third kappa shape index (κ3) is 4.09. The van der Waals surface area contributed by atoms with Crippen molar-refractivity contribution in [3.8, 4) is 33.8 Å². The van der Waals surface area contributed by atoms with Gasteiger partial charge in [-0.15, -0.1) is 0 Å². The summed E-state index contributed by atoms with van der Waals surface area (Å²) >= 11 is 0. The Labute approximate surface area is 196 Å². The summed E-state index contributed by atoms with van der Waals surface area (Å²) in [5.41, 5.74) is -6.51. The summed E-state index contributed by atoms with van der Waals surface area (Å²) in [5.74, 6) is -0.928. The van der Waals surface area contributed by atoms with Gasteiger partial charge in [0.1, 0.15) is 11.5 Å². The van der Waals surface area contributed by atoms with Crippen molar-refractivity contribution < 1.29 is 36.6 Å². The van der Waals surface area contributed by atoms with Gasteiger partial charge in [0, 0.05) is 11.1 Å². The summed E-state index contributed by atoms with van der Waals surface area (Å²) < 4.78 is 88.0. The average molecular weight is 488 g/mol. The second-order valence-electron chi connectivity index (χ2n) is 7.94. The molecule has 0 bridgehead atoms. The van der Waals surface area contributed by atoms with Gasteiger partial charge in [0.2, 0.25) is 5.41 Å². The van der Waals surface area contributed by atoms with E-state index in [4.69, 9.17) is 0 Å². The van der Waals surface area contributed by atoms with Crippen LogP contribution in [0.15, 0.2) is 97.1 Å². The Morgan fingerprint density at radius 1 is 0.457 bits per heavy atom. The van der Waals surface area contributed by atoms with E-state index in [2.05, 4.69) is 0 Å². The van der Waals surface area contributed by atoms with E-state index in [1.807, 2.05) is 0 Å². The van der Waals surface area contributed by atoms with Crippen LogP contribution in [0.2, 0.25) is 0 Å². The second-order valence-corrected chi connectivity index (χ2v) is 7.94. The maximum atomic E-state index is 14.7. The number of alkyl halides is 6. The molecule has 0 atom stereocenters. The molecule has 0 heterocycles. The van der Waals surface area contributed by atoms with E-state index in [1.165, 1.54) is 24.3 Å². The maximum Gasteiger partial charge on any atom is 0.411 e. The zero-order valence-electron chi connectivity index (χ0n) is 17.9. The van der Waals surface area contributed by atoms with Crippen molar-refractivity contribution in [2.45, 2.75) is 17.8 Å². The van der Waals surface area contributed by atoms with Crippen LogP contribution >= 0.6 is 0 Å². The van der Waals surface area contributed by atoms with Crippen molar-refractivity contribution in [3.63, 3.8) is 0 Å². The van der Waals surface area contributed by atoms with Crippen molar-refractivity contribution in [1.29, 1.82) is 0 Å². The lowest BCUT2D eigenvalue weighted by Crippen LogP contribution is -2.54. The van der Waals surface area contributed by atoms with Gasteiger partial charge in [-0.3, -0.25) is 0 Å². The van der Waals surface area contributed by atoms with Crippen molar-refractivity contribution >= 4 is 0 Å². The first kappa shape index (κ1) is 24.2. The molecule has 180 valence electrons. The Morgan fingerprint density at radius 3 is 1.11 bits per heavy atom. The van der Waals surface area contributed by atoms with E-state index in [-0.39, 0.29) is 22.3 Å². The van der Waals surface area contributed by atoms with Crippen LogP contribution in [-0.4, -0.2) is 22.6 Å². The van der Waals surface area contributed by atoms with Crippen LogP contribution in [0.3, 0.4) is 0 Å². The number of hydrogen-bond acceptors (Lipinski definition) is 2. The summed E-state index contributed by atoms with van der Waals surface area (Å²) in [6.45, 7) is 0. The van der Waals surface area contributed by atoms with E-state index in [0.717, 1.165) is 12.1 Å². The number of hydrogen-bond donors (Lipinski definition) is 2. The zero-order chi connectivity index (χ0) is 25.4. The molecule has 4 aromatic carbocycles. The molecule has 4 rings (SSSR count). The van der Waals surface area contributed by atoms with Gasteiger partial charge in [-0.05, 0) is 46.5 Å². The van der Waals surface area contributed by atoms with Crippen molar-refractivity contribution in [2.75, 3.05) is 0 Å². The van der Waals surface area contributed by atoms with Gasteiger partial charge >= 0.3 is 12.4 Å². The molecule has 0 amide bonds. The van der Waals surface area contributed by atoms with Gasteiger partial charge in [0.25, 0.3) is 0 Å². The second kappa shape index (κ2) is 8.69. The number of rotatable bonds is 4. The largest absolute Gasteiger partial charge is 0.507 e. The van der Waals surface area contributed by atoms with E-state index in [0.29, 0.717) is 24.3 Å². The van der Waals surface area contributed by atoms with Crippen LogP contribution < -0.4 is 0 Å². The minimum absolute atomic E-state index is 0.178. The van der Waals surface area contributed by atoms with Crippen LogP contribution in [0, 0.1) is 0 Å². The molecule has 35 heavy (non-hydrogen) atoms. The van der Waals surface area contributed by atoms with Gasteiger partial charge < -0.3 is 10.2 Å². The highest BCUT2D eigenvalue weighted by atomic mass is 19.4. The van der Waals surface area contributed by atoms with Gasteiger partial charge in [-0.25, -0.2) is 0 Å². The predicted octanol–water partition coefficient (Wildman–Crippen LogP) is 7.84. The maximum absolute atomic E-state index is 14.7. The molecule has 0 spiro atoms. The average Bonchev–Trinajstić information content (AvgIpc) is 2.81. The molecule has 0 unspecified atom stereocenters. The van der Waals surface area contributed by atoms with Crippen LogP contribution in [0.1, 0.15) is 11.1 Å². The predicted molar refractivity (Wildman–Crippen MR) is 120 cm³/mol. The topological polar surface area (TPSA) is 40.5 Å². The standard InChI is InChI=1S/C27H18F6O2/c28-26(29,30)25(27(31,32)33,19-11-13-23(34)21(15-19)17-7-3-1-4-8-17)20-12-14-24(35)22(16-20)18-9-5-2-6-10-18/h1-16,34-35H. The lowest BCUT2D eigenvalue weighted by Gasteiger charge is -2.38. The summed E-state index contributed by atoms with van der Waals surface area (Å²) in [5, 5.41) is 20.5. The molecule has 0 aliphatic rings. The van der Waals surface area contributed by atoms with Crippen LogP contribution in [0.5, 0.6) is 11.5 Å². The van der Waals surface area contributed by atoms with E-state index < -0.39 is 40.4 Å². The lowest BCUT2D eigenvalue weighted by atomic mass is 9.71. The van der Waals surface area contributed by atoms with Crippen LogP contribution in [0.25, 0.3) is 22.3 Å². The Bertz CT molecular complexity index is 1220. The molecule has 0 saturated heterocycles. The number of aromatic hydroxyl groups is 2. The number of halogens is 6. The number of phenols is 2. The smallest absolute Gasteiger partial charge is 0.411 e. The molecule has 2 nitrogen and oxygen atoms in total. The normalized spacial score (nSPS) is 12.5. The molecule has 0 radical (unpaired) electrons. The minimum Gasteiger partial charge on any atom is -0.507 e. The quantitative estimate of drug-likeness (QED) is 0.287. The van der Waals surface area contributed by atoms with Gasteiger partial charge in [0.15, 0.2) is 0 Å². The third-order valence-electron chi connectivity index (χ3n) is 5.88. The molecular weight excluding hydrogens is 470 g/mol. The van der Waals surface area contributed by atoms with E-state index in [9.17, 15) is 36.6 Å². The molecule has 2 N–H and O–H groups in total. The van der Waals surface area contributed by atoms with Gasteiger partial charge in [0.05, 0.1) is 0 Å². The summed E-state index contributed by atoms with van der Waals surface area (Å²) in [6, 6.07) is 19.6. The number of phenolic OH excluding ortho intramolecular Hbond substituents is 2. The van der Waals surface area contributed by atoms with Crippen LogP contribution in [0.4, 0.5) is 26.3 Å². The molecule has 4 aromatic rings.